The molecule has 1 aliphatic heterocycles. The van der Waals surface area contributed by atoms with Gasteiger partial charge in [-0.1, -0.05) is 25.0 Å². The van der Waals surface area contributed by atoms with Gasteiger partial charge in [-0.05, 0) is 43.4 Å². The smallest absolute Gasteiger partial charge is 0.315 e. The minimum Gasteiger partial charge on any atom is -0.394 e. The first-order valence-corrected chi connectivity index (χ1v) is 10.4. The topological polar surface area (TPSA) is 99.7 Å². The Hall–Kier alpha value is -2.19. The van der Waals surface area contributed by atoms with Gasteiger partial charge in [0.25, 0.3) is 0 Å². The first-order chi connectivity index (χ1) is 14.0. The summed E-state index contributed by atoms with van der Waals surface area (Å²) in [4.78, 5) is 24.4. The van der Waals surface area contributed by atoms with Gasteiger partial charge in [-0.3, -0.25) is 4.79 Å². The highest BCUT2D eigenvalue weighted by molar-refractivity contribution is 5.76. The lowest BCUT2D eigenvalue weighted by Crippen LogP contribution is -2.54. The predicted molar refractivity (Wildman–Crippen MR) is 106 cm³/mol. The van der Waals surface area contributed by atoms with Gasteiger partial charge in [0.05, 0.1) is 25.2 Å². The van der Waals surface area contributed by atoms with Crippen LogP contribution in [0.5, 0.6) is 0 Å². The molecule has 1 aromatic rings. The van der Waals surface area contributed by atoms with Gasteiger partial charge in [-0.25, -0.2) is 9.18 Å². The molecule has 1 saturated heterocycles. The van der Waals surface area contributed by atoms with Crippen molar-refractivity contribution in [2.75, 3.05) is 6.61 Å². The summed E-state index contributed by atoms with van der Waals surface area (Å²) in [5.41, 5.74) is 0.815. The van der Waals surface area contributed by atoms with Crippen molar-refractivity contribution in [3.63, 3.8) is 0 Å². The molecule has 3 rings (SSSR count). The Morgan fingerprint density at radius 1 is 1.07 bits per heavy atom. The van der Waals surface area contributed by atoms with Crippen LogP contribution in [0.4, 0.5) is 9.18 Å². The third-order valence-corrected chi connectivity index (χ3v) is 5.62. The quantitative estimate of drug-likeness (QED) is 0.555. The van der Waals surface area contributed by atoms with Crippen LogP contribution < -0.4 is 16.0 Å². The highest BCUT2D eigenvalue weighted by Gasteiger charge is 2.33. The molecule has 29 heavy (non-hydrogen) atoms. The van der Waals surface area contributed by atoms with E-state index in [1.54, 1.807) is 12.1 Å². The molecule has 2 aliphatic rings. The van der Waals surface area contributed by atoms with Gasteiger partial charge in [-0.15, -0.1) is 0 Å². The normalized spacial score (nSPS) is 24.8. The number of halogens is 1. The van der Waals surface area contributed by atoms with Crippen LogP contribution in [0.2, 0.25) is 0 Å². The van der Waals surface area contributed by atoms with Crippen LogP contribution in [0.15, 0.2) is 24.3 Å². The summed E-state index contributed by atoms with van der Waals surface area (Å²) in [5.74, 6) is -0.479. The molecule has 0 radical (unpaired) electrons. The van der Waals surface area contributed by atoms with Crippen LogP contribution in [0.1, 0.15) is 50.5 Å². The van der Waals surface area contributed by atoms with Crippen LogP contribution in [-0.2, 0) is 16.1 Å². The first kappa shape index (κ1) is 21.5. The molecule has 4 N–H and O–H groups in total. The number of urea groups is 1. The minimum atomic E-state index is -0.534. The van der Waals surface area contributed by atoms with Gasteiger partial charge < -0.3 is 25.8 Å². The summed E-state index contributed by atoms with van der Waals surface area (Å²) in [6.45, 7) is 0.100. The SMILES string of the molecule is O=C(C[C@@H]1CC[C@H](NC(=O)NC2CCCC2)[C@@H](CO)O1)NCc1ccc(F)cc1. The fourth-order valence-electron chi connectivity index (χ4n) is 3.99. The fourth-order valence-corrected chi connectivity index (χ4v) is 3.99. The first-order valence-electron chi connectivity index (χ1n) is 10.4. The lowest BCUT2D eigenvalue weighted by Gasteiger charge is -2.36. The van der Waals surface area contributed by atoms with Gasteiger partial charge in [0.1, 0.15) is 11.9 Å². The lowest BCUT2D eigenvalue weighted by molar-refractivity contribution is -0.130. The molecule has 1 saturated carbocycles. The second-order valence-electron chi connectivity index (χ2n) is 7.87. The molecule has 3 amide bonds. The van der Waals surface area contributed by atoms with Crippen LogP contribution in [-0.4, -0.2) is 47.9 Å². The maximum Gasteiger partial charge on any atom is 0.315 e. The zero-order chi connectivity index (χ0) is 20.6. The summed E-state index contributed by atoms with van der Waals surface area (Å²) >= 11 is 0. The van der Waals surface area contributed by atoms with Gasteiger partial charge >= 0.3 is 6.03 Å². The van der Waals surface area contributed by atoms with E-state index in [2.05, 4.69) is 16.0 Å². The molecule has 1 aromatic carbocycles. The third-order valence-electron chi connectivity index (χ3n) is 5.62. The second kappa shape index (κ2) is 10.5. The molecule has 2 fully saturated rings. The number of aliphatic hydroxyl groups excluding tert-OH is 1. The maximum atomic E-state index is 12.9. The van der Waals surface area contributed by atoms with E-state index in [-0.39, 0.29) is 49.0 Å². The Kier molecular flexibility index (Phi) is 7.83. The predicted octanol–water partition coefficient (Wildman–Crippen LogP) is 1.98. The van der Waals surface area contributed by atoms with Crippen molar-refractivity contribution in [2.45, 2.75) is 75.8 Å². The number of hydrogen-bond acceptors (Lipinski definition) is 4. The largest absolute Gasteiger partial charge is 0.394 e. The summed E-state index contributed by atoms with van der Waals surface area (Å²) in [6, 6.07) is 5.69. The molecule has 3 atom stereocenters. The van der Waals surface area contributed by atoms with Gasteiger partial charge in [0, 0.05) is 12.6 Å². The molecule has 8 heteroatoms. The molecule has 0 spiro atoms. The van der Waals surface area contributed by atoms with Gasteiger partial charge in [0.2, 0.25) is 5.91 Å². The van der Waals surface area contributed by atoms with E-state index in [9.17, 15) is 19.1 Å². The van der Waals surface area contributed by atoms with Crippen molar-refractivity contribution in [3.8, 4) is 0 Å². The molecule has 0 bridgehead atoms. The van der Waals surface area contributed by atoms with Crippen molar-refractivity contribution in [3.05, 3.63) is 35.6 Å². The van der Waals surface area contributed by atoms with Crippen molar-refractivity contribution in [1.82, 2.24) is 16.0 Å². The van der Waals surface area contributed by atoms with E-state index < -0.39 is 6.10 Å². The average molecular weight is 407 g/mol. The van der Waals surface area contributed by atoms with E-state index in [0.29, 0.717) is 19.4 Å². The molecule has 1 aliphatic carbocycles. The molecule has 160 valence electrons. The van der Waals surface area contributed by atoms with Crippen LogP contribution in [0, 0.1) is 5.82 Å². The zero-order valence-corrected chi connectivity index (χ0v) is 16.5. The number of ether oxygens (including phenoxy) is 1. The molecular formula is C21H30FN3O4. The van der Waals surface area contributed by atoms with Crippen LogP contribution >= 0.6 is 0 Å². The number of amides is 3. The minimum absolute atomic E-state index is 0.165. The Morgan fingerprint density at radius 3 is 2.48 bits per heavy atom. The summed E-state index contributed by atoms with van der Waals surface area (Å²) in [7, 11) is 0. The average Bonchev–Trinajstić information content (AvgIpc) is 3.21. The zero-order valence-electron chi connectivity index (χ0n) is 16.5. The molecule has 0 unspecified atom stereocenters. The van der Waals surface area contributed by atoms with E-state index >= 15 is 0 Å². The van der Waals surface area contributed by atoms with Crippen LogP contribution in [0.25, 0.3) is 0 Å². The van der Waals surface area contributed by atoms with Crippen molar-refractivity contribution >= 4 is 11.9 Å². The van der Waals surface area contributed by atoms with Crippen molar-refractivity contribution in [2.24, 2.45) is 0 Å². The number of carbonyl (C=O) groups is 2. The fraction of sp³-hybridized carbons (Fsp3) is 0.619. The van der Waals surface area contributed by atoms with Crippen molar-refractivity contribution in [1.29, 1.82) is 0 Å². The maximum absolute atomic E-state index is 12.9. The Balaban J connectivity index is 1.40. The second-order valence-corrected chi connectivity index (χ2v) is 7.87. The highest BCUT2D eigenvalue weighted by Crippen LogP contribution is 2.22. The van der Waals surface area contributed by atoms with Gasteiger partial charge in [-0.2, -0.15) is 0 Å². The summed E-state index contributed by atoms with van der Waals surface area (Å²) < 4.78 is 18.8. The Labute approximate surface area is 170 Å². The number of carbonyl (C=O) groups excluding carboxylic acids is 2. The van der Waals surface area contributed by atoms with E-state index in [1.165, 1.54) is 12.1 Å². The number of hydrogen-bond donors (Lipinski definition) is 4. The molecule has 0 aromatic heterocycles. The molecule has 7 nitrogen and oxygen atoms in total. The summed E-state index contributed by atoms with van der Waals surface area (Å²) in [6.07, 6.45) is 4.89. The Morgan fingerprint density at radius 2 is 1.79 bits per heavy atom. The molecular weight excluding hydrogens is 377 g/mol. The molecule has 1 heterocycles. The monoisotopic (exact) mass is 407 g/mol. The van der Waals surface area contributed by atoms with E-state index in [0.717, 1.165) is 31.2 Å². The number of nitrogens with one attached hydrogen (secondary N) is 3. The Bertz CT molecular complexity index is 679. The van der Waals surface area contributed by atoms with Crippen LogP contribution in [0.3, 0.4) is 0 Å². The number of aliphatic hydroxyl groups is 1. The lowest BCUT2D eigenvalue weighted by atomic mass is 9.97. The van der Waals surface area contributed by atoms with Gasteiger partial charge in [0.15, 0.2) is 0 Å². The van der Waals surface area contributed by atoms with Crippen molar-refractivity contribution < 1.29 is 23.8 Å². The third kappa shape index (κ3) is 6.68. The van der Waals surface area contributed by atoms with E-state index in [4.69, 9.17) is 4.74 Å². The number of benzene rings is 1. The standard InChI is InChI=1S/C21H30FN3O4/c22-15-7-5-14(6-8-15)12-23-20(27)11-17-9-10-18(19(13-26)29-17)25-21(28)24-16-3-1-2-4-16/h5-8,16-19,26H,1-4,9-13H2,(H,23,27)(H2,24,25,28)/t17-,18-,19+/m0/s1. The highest BCUT2D eigenvalue weighted by atomic mass is 19.1. The summed E-state index contributed by atoms with van der Waals surface area (Å²) in [5, 5.41) is 18.3. The van der Waals surface area contributed by atoms with E-state index in [1.807, 2.05) is 0 Å². The number of rotatable bonds is 7.